The molecule has 2 amide bonds. The van der Waals surface area contributed by atoms with Gasteiger partial charge >= 0.3 is 6.09 Å². The fraction of sp³-hybridized carbons (Fsp3) is 0.294. The van der Waals surface area contributed by atoms with Crippen molar-refractivity contribution >= 4 is 39.9 Å². The van der Waals surface area contributed by atoms with Crippen LogP contribution in [0.3, 0.4) is 0 Å². The molecule has 0 radical (unpaired) electrons. The Morgan fingerprint density at radius 2 is 2.20 bits per heavy atom. The number of amides is 2. The second-order valence-corrected chi connectivity index (χ2v) is 6.89. The third-order valence-corrected chi connectivity index (χ3v) is 4.79. The number of carbonyl (C=O) groups excluding carboxylic acids is 2. The first kappa shape index (κ1) is 17.6. The number of hydrogen-bond donors (Lipinski definition) is 1. The zero-order valence-electron chi connectivity index (χ0n) is 13.5. The maximum atomic E-state index is 12.1. The number of nitrogens with one attached hydrogen (secondary N) is 1. The molecule has 25 heavy (non-hydrogen) atoms. The number of halogens is 1. The maximum absolute atomic E-state index is 12.1. The lowest BCUT2D eigenvalue weighted by Gasteiger charge is -2.16. The average Bonchev–Trinajstić information content (AvgIpc) is 3.24. The number of hydrogen-bond acceptors (Lipinski definition) is 5. The van der Waals surface area contributed by atoms with Crippen molar-refractivity contribution < 1.29 is 19.1 Å². The molecule has 1 aromatic carbocycles. The third-order valence-electron chi connectivity index (χ3n) is 3.65. The van der Waals surface area contributed by atoms with Crippen LogP contribution in [0.4, 0.5) is 9.80 Å². The van der Waals surface area contributed by atoms with Gasteiger partial charge in [-0.3, -0.25) is 9.69 Å². The van der Waals surface area contributed by atoms with Gasteiger partial charge in [0, 0.05) is 5.02 Å². The molecule has 1 aliphatic rings. The van der Waals surface area contributed by atoms with Gasteiger partial charge in [-0.2, -0.15) is 0 Å². The van der Waals surface area contributed by atoms with E-state index >= 15 is 0 Å². The fourth-order valence-electron chi connectivity index (χ4n) is 2.36. The molecule has 1 aromatic heterocycles. The summed E-state index contributed by atoms with van der Waals surface area (Å²) in [4.78, 5) is 25.6. The van der Waals surface area contributed by atoms with Crippen LogP contribution in [0.2, 0.25) is 5.02 Å². The Bertz CT molecular complexity index is 736. The quantitative estimate of drug-likeness (QED) is 0.834. The average molecular weight is 381 g/mol. The van der Waals surface area contributed by atoms with Crippen LogP contribution in [0.5, 0.6) is 5.75 Å². The molecule has 8 heteroatoms. The number of rotatable bonds is 6. The Labute approximate surface area is 154 Å². The molecule has 3 rings (SSSR count). The zero-order valence-corrected chi connectivity index (χ0v) is 15.0. The van der Waals surface area contributed by atoms with Crippen molar-refractivity contribution in [2.45, 2.75) is 19.1 Å². The van der Waals surface area contributed by atoms with Gasteiger partial charge < -0.3 is 14.8 Å². The molecule has 1 saturated heterocycles. The smallest absolute Gasteiger partial charge is 0.415 e. The molecule has 2 atom stereocenters. The first-order chi connectivity index (χ1) is 12.0. The highest BCUT2D eigenvalue weighted by Crippen LogP contribution is 2.26. The molecule has 1 fully saturated rings. The number of cyclic esters (lactones) is 1. The van der Waals surface area contributed by atoms with Crippen molar-refractivity contribution in [3.05, 3.63) is 46.8 Å². The van der Waals surface area contributed by atoms with Gasteiger partial charge in [0.2, 0.25) is 0 Å². The molecule has 1 aliphatic heterocycles. The van der Waals surface area contributed by atoms with Crippen molar-refractivity contribution in [3.8, 4) is 5.75 Å². The number of ether oxygens (including phenoxy) is 2. The normalized spacial score (nSPS) is 17.9. The highest BCUT2D eigenvalue weighted by molar-refractivity contribution is 7.14. The van der Waals surface area contributed by atoms with Crippen LogP contribution in [0.15, 0.2) is 41.8 Å². The summed E-state index contributed by atoms with van der Waals surface area (Å²) in [6.45, 7) is 2.30. The number of benzene rings is 1. The van der Waals surface area contributed by atoms with Gasteiger partial charge in [-0.15, -0.1) is 11.3 Å². The van der Waals surface area contributed by atoms with Crippen LogP contribution in [-0.2, 0) is 9.53 Å². The second-order valence-electron chi connectivity index (χ2n) is 5.53. The highest BCUT2D eigenvalue weighted by atomic mass is 35.5. The summed E-state index contributed by atoms with van der Waals surface area (Å²) in [6, 6.07) is 10.5. The molecule has 0 spiro atoms. The Morgan fingerprint density at radius 3 is 2.88 bits per heavy atom. The van der Waals surface area contributed by atoms with Crippen LogP contribution in [-0.4, -0.2) is 37.3 Å². The molecule has 1 N–H and O–H groups in total. The number of thiophene rings is 1. The van der Waals surface area contributed by atoms with Crippen LogP contribution in [0.1, 0.15) is 6.92 Å². The van der Waals surface area contributed by atoms with Gasteiger partial charge in [0.1, 0.15) is 16.9 Å². The van der Waals surface area contributed by atoms with Gasteiger partial charge in [-0.25, -0.2) is 4.79 Å². The molecular weight excluding hydrogens is 364 g/mol. The van der Waals surface area contributed by atoms with Crippen molar-refractivity contribution in [2.75, 3.05) is 18.0 Å². The summed E-state index contributed by atoms with van der Waals surface area (Å²) < 4.78 is 10.8. The van der Waals surface area contributed by atoms with E-state index in [4.69, 9.17) is 21.1 Å². The molecule has 2 heterocycles. The SMILES string of the molecule is CC(Oc1ccc(Cl)cc1)C(=O)NCC1CN(c2cccs2)C(=O)O1. The van der Waals surface area contributed by atoms with E-state index in [1.807, 2.05) is 17.5 Å². The van der Waals surface area contributed by atoms with E-state index in [-0.39, 0.29) is 18.6 Å². The summed E-state index contributed by atoms with van der Waals surface area (Å²) in [7, 11) is 0. The van der Waals surface area contributed by atoms with Gasteiger partial charge in [0.15, 0.2) is 6.10 Å². The molecule has 132 valence electrons. The van der Waals surface area contributed by atoms with Gasteiger partial charge in [0.25, 0.3) is 5.91 Å². The highest BCUT2D eigenvalue weighted by Gasteiger charge is 2.33. The lowest BCUT2D eigenvalue weighted by Crippen LogP contribution is -2.41. The number of nitrogens with zero attached hydrogens (tertiary/aromatic N) is 1. The first-order valence-corrected chi connectivity index (χ1v) is 9.00. The maximum Gasteiger partial charge on any atom is 0.415 e. The molecule has 0 aliphatic carbocycles. The Kier molecular flexibility index (Phi) is 5.45. The summed E-state index contributed by atoms with van der Waals surface area (Å²) >= 11 is 7.28. The number of carbonyl (C=O) groups is 2. The summed E-state index contributed by atoms with van der Waals surface area (Å²) in [6.07, 6.45) is -1.46. The van der Waals surface area contributed by atoms with Crippen molar-refractivity contribution in [3.63, 3.8) is 0 Å². The second kappa shape index (κ2) is 7.76. The van der Waals surface area contributed by atoms with Crippen molar-refractivity contribution in [2.24, 2.45) is 0 Å². The van der Waals surface area contributed by atoms with Crippen LogP contribution >= 0.6 is 22.9 Å². The first-order valence-electron chi connectivity index (χ1n) is 7.74. The predicted molar refractivity (Wildman–Crippen MR) is 96.5 cm³/mol. The standard InChI is InChI=1S/C17H17ClN2O4S/c1-11(23-13-6-4-12(18)5-7-13)16(21)19-9-14-10-20(17(22)24-14)15-3-2-8-25-15/h2-8,11,14H,9-10H2,1H3,(H,19,21). The fourth-order valence-corrected chi connectivity index (χ4v) is 3.22. The van der Waals surface area contributed by atoms with Gasteiger partial charge in [-0.1, -0.05) is 11.6 Å². The van der Waals surface area contributed by atoms with E-state index in [1.165, 1.54) is 11.3 Å². The van der Waals surface area contributed by atoms with Crippen LogP contribution < -0.4 is 15.0 Å². The Hall–Kier alpha value is -2.25. The molecule has 0 bridgehead atoms. The van der Waals surface area contributed by atoms with E-state index in [2.05, 4.69) is 5.32 Å². The summed E-state index contributed by atoms with van der Waals surface area (Å²) in [5.41, 5.74) is 0. The van der Waals surface area contributed by atoms with Crippen molar-refractivity contribution in [1.82, 2.24) is 5.32 Å². The minimum atomic E-state index is -0.674. The molecular formula is C17H17ClN2O4S. The Morgan fingerprint density at radius 1 is 1.44 bits per heavy atom. The van der Waals surface area contributed by atoms with Crippen molar-refractivity contribution in [1.29, 1.82) is 0 Å². The summed E-state index contributed by atoms with van der Waals surface area (Å²) in [5, 5.41) is 6.08. The monoisotopic (exact) mass is 380 g/mol. The molecule has 6 nitrogen and oxygen atoms in total. The Balaban J connectivity index is 1.47. The lowest BCUT2D eigenvalue weighted by molar-refractivity contribution is -0.127. The molecule has 0 saturated carbocycles. The largest absolute Gasteiger partial charge is 0.481 e. The zero-order chi connectivity index (χ0) is 17.8. The van der Waals surface area contributed by atoms with Crippen LogP contribution in [0, 0.1) is 0 Å². The summed E-state index contributed by atoms with van der Waals surface area (Å²) in [5.74, 6) is 0.281. The minimum absolute atomic E-state index is 0.237. The van der Waals surface area contributed by atoms with Gasteiger partial charge in [-0.05, 0) is 48.7 Å². The van der Waals surface area contributed by atoms with E-state index in [1.54, 1.807) is 36.1 Å². The van der Waals surface area contributed by atoms with E-state index < -0.39 is 12.2 Å². The lowest BCUT2D eigenvalue weighted by atomic mass is 10.3. The van der Waals surface area contributed by atoms with E-state index in [0.717, 1.165) is 5.00 Å². The topological polar surface area (TPSA) is 67.9 Å². The molecule has 2 aromatic rings. The van der Waals surface area contributed by atoms with Crippen LogP contribution in [0.25, 0.3) is 0 Å². The van der Waals surface area contributed by atoms with Gasteiger partial charge in [0.05, 0.1) is 13.1 Å². The molecule has 2 unspecified atom stereocenters. The third kappa shape index (κ3) is 4.43. The predicted octanol–water partition coefficient (Wildman–Crippen LogP) is 3.31. The number of anilines is 1. The van der Waals surface area contributed by atoms with E-state index in [9.17, 15) is 9.59 Å². The van der Waals surface area contributed by atoms with E-state index in [0.29, 0.717) is 17.3 Å². The minimum Gasteiger partial charge on any atom is -0.481 e.